The van der Waals surface area contributed by atoms with Crippen molar-refractivity contribution >= 4 is 11.6 Å². The normalized spacial score (nSPS) is 14.5. The smallest absolute Gasteiger partial charge is 0.119 e. The summed E-state index contributed by atoms with van der Waals surface area (Å²) in [4.78, 5) is 0. The van der Waals surface area contributed by atoms with Crippen molar-refractivity contribution in [2.45, 2.75) is 31.8 Å². The number of rotatable bonds is 6. The fourth-order valence-electron chi connectivity index (χ4n) is 2.25. The maximum absolute atomic E-state index is 5.83. The third-order valence-electron chi connectivity index (χ3n) is 3.39. The quantitative estimate of drug-likeness (QED) is 0.887. The van der Waals surface area contributed by atoms with E-state index in [-0.39, 0.29) is 0 Å². The second-order valence-corrected chi connectivity index (χ2v) is 5.36. The van der Waals surface area contributed by atoms with Gasteiger partial charge in [-0.25, -0.2) is 4.68 Å². The molecule has 1 aliphatic carbocycles. The van der Waals surface area contributed by atoms with Gasteiger partial charge in [0.2, 0.25) is 0 Å². The van der Waals surface area contributed by atoms with Crippen LogP contribution in [-0.4, -0.2) is 21.6 Å². The Morgan fingerprint density at radius 3 is 2.70 bits per heavy atom. The molecule has 0 radical (unpaired) electrons. The van der Waals surface area contributed by atoms with E-state index < -0.39 is 0 Å². The van der Waals surface area contributed by atoms with Gasteiger partial charge >= 0.3 is 0 Å². The highest BCUT2D eigenvalue weighted by molar-refractivity contribution is 6.30. The van der Waals surface area contributed by atoms with Crippen LogP contribution in [-0.2, 0) is 13.1 Å². The fraction of sp³-hybridized carbons (Fsp3) is 0.429. The van der Waals surface area contributed by atoms with E-state index in [2.05, 4.69) is 10.3 Å². The molecule has 0 spiro atoms. The number of halogens is 1. The van der Waals surface area contributed by atoms with Crippen molar-refractivity contribution in [2.24, 2.45) is 5.73 Å². The minimum absolute atomic E-state index is 0.448. The third-order valence-corrected chi connectivity index (χ3v) is 3.64. The second-order valence-electron chi connectivity index (χ2n) is 4.93. The molecule has 1 aromatic carbocycles. The van der Waals surface area contributed by atoms with Gasteiger partial charge in [-0.15, -0.1) is 5.10 Å². The molecule has 5 nitrogen and oxygen atoms in total. The Morgan fingerprint density at radius 1 is 1.30 bits per heavy atom. The van der Waals surface area contributed by atoms with Gasteiger partial charge in [-0.3, -0.25) is 0 Å². The highest BCUT2D eigenvalue weighted by Gasteiger charge is 2.30. The average Bonchev–Trinajstić information content (AvgIpc) is 3.22. The number of nitrogens with zero attached hydrogens (tertiary/aromatic N) is 3. The van der Waals surface area contributed by atoms with Crippen LogP contribution in [0.1, 0.15) is 30.1 Å². The van der Waals surface area contributed by atoms with Gasteiger partial charge in [0.25, 0.3) is 0 Å². The van der Waals surface area contributed by atoms with Gasteiger partial charge in [0, 0.05) is 17.5 Å². The summed E-state index contributed by atoms with van der Waals surface area (Å²) in [6.45, 7) is 1.68. The highest BCUT2D eigenvalue weighted by atomic mass is 35.5. The number of nitrogens with two attached hydrogens (primary N) is 1. The molecule has 106 valence electrons. The summed E-state index contributed by atoms with van der Waals surface area (Å²) in [6, 6.07) is 7.34. The Bertz CT molecular complexity index is 577. The third kappa shape index (κ3) is 2.94. The summed E-state index contributed by atoms with van der Waals surface area (Å²) in [5, 5.41) is 9.03. The van der Waals surface area contributed by atoms with E-state index in [1.165, 1.54) is 18.5 Å². The predicted molar refractivity (Wildman–Crippen MR) is 76.8 cm³/mol. The largest absolute Gasteiger partial charge is 0.492 e. The van der Waals surface area contributed by atoms with Crippen molar-refractivity contribution in [3.05, 3.63) is 40.7 Å². The van der Waals surface area contributed by atoms with E-state index in [9.17, 15) is 0 Å². The van der Waals surface area contributed by atoms with Crippen molar-refractivity contribution in [3.63, 3.8) is 0 Å². The SMILES string of the molecule is NCc1nnn(CCOc2ccc(Cl)cc2)c1C1CC1. The van der Waals surface area contributed by atoms with Crippen molar-refractivity contribution in [3.8, 4) is 5.75 Å². The Balaban J connectivity index is 1.61. The van der Waals surface area contributed by atoms with Crippen LogP contribution < -0.4 is 10.5 Å². The van der Waals surface area contributed by atoms with Crippen molar-refractivity contribution < 1.29 is 4.74 Å². The topological polar surface area (TPSA) is 66.0 Å². The molecule has 0 saturated heterocycles. The maximum atomic E-state index is 5.83. The van der Waals surface area contributed by atoms with Gasteiger partial charge in [0.15, 0.2) is 0 Å². The van der Waals surface area contributed by atoms with E-state index in [0.29, 0.717) is 30.6 Å². The zero-order valence-corrected chi connectivity index (χ0v) is 11.9. The molecule has 0 aliphatic heterocycles. The molecule has 1 fully saturated rings. The van der Waals surface area contributed by atoms with E-state index in [0.717, 1.165) is 11.4 Å². The zero-order valence-electron chi connectivity index (χ0n) is 11.1. The van der Waals surface area contributed by atoms with Crippen molar-refractivity contribution in [1.29, 1.82) is 0 Å². The summed E-state index contributed by atoms with van der Waals surface area (Å²) >= 11 is 5.83. The molecular weight excluding hydrogens is 276 g/mol. The molecule has 1 heterocycles. The summed E-state index contributed by atoms with van der Waals surface area (Å²) in [5.74, 6) is 1.39. The minimum atomic E-state index is 0.448. The van der Waals surface area contributed by atoms with Crippen LogP contribution in [0.4, 0.5) is 0 Å². The Labute approximate surface area is 122 Å². The maximum Gasteiger partial charge on any atom is 0.119 e. The van der Waals surface area contributed by atoms with Crippen LogP contribution in [0, 0.1) is 0 Å². The molecule has 0 atom stereocenters. The van der Waals surface area contributed by atoms with Crippen molar-refractivity contribution in [2.75, 3.05) is 6.61 Å². The predicted octanol–water partition coefficient (Wildman–Crippen LogP) is 2.35. The lowest BCUT2D eigenvalue weighted by Gasteiger charge is -2.08. The Kier molecular flexibility index (Phi) is 3.89. The monoisotopic (exact) mass is 292 g/mol. The lowest BCUT2D eigenvalue weighted by molar-refractivity contribution is 0.287. The second kappa shape index (κ2) is 5.81. The first-order chi connectivity index (χ1) is 9.78. The Hall–Kier alpha value is -1.59. The summed E-state index contributed by atoms with van der Waals surface area (Å²) in [6.07, 6.45) is 2.41. The molecule has 0 unspecified atom stereocenters. The number of hydrogen-bond acceptors (Lipinski definition) is 4. The van der Waals surface area contributed by atoms with Gasteiger partial charge in [-0.1, -0.05) is 16.8 Å². The van der Waals surface area contributed by atoms with Crippen LogP contribution in [0.2, 0.25) is 5.02 Å². The van der Waals surface area contributed by atoms with E-state index >= 15 is 0 Å². The molecule has 1 aromatic heterocycles. The van der Waals surface area contributed by atoms with Gasteiger partial charge < -0.3 is 10.5 Å². The molecule has 6 heteroatoms. The van der Waals surface area contributed by atoms with E-state index in [4.69, 9.17) is 22.1 Å². The molecule has 0 bridgehead atoms. The van der Waals surface area contributed by atoms with Crippen LogP contribution in [0.15, 0.2) is 24.3 Å². The first kappa shape index (κ1) is 13.4. The zero-order chi connectivity index (χ0) is 13.9. The van der Waals surface area contributed by atoms with Gasteiger partial charge in [-0.2, -0.15) is 0 Å². The van der Waals surface area contributed by atoms with E-state index in [1.54, 1.807) is 0 Å². The summed E-state index contributed by atoms with van der Waals surface area (Å²) < 4.78 is 7.61. The molecule has 2 N–H and O–H groups in total. The standard InChI is InChI=1S/C14H17ClN4O/c15-11-3-5-12(6-4-11)20-8-7-19-14(10-1-2-10)13(9-16)17-18-19/h3-6,10H,1-2,7-9,16H2. The number of hydrogen-bond donors (Lipinski definition) is 1. The van der Waals surface area contributed by atoms with E-state index in [1.807, 2.05) is 28.9 Å². The number of benzene rings is 1. The van der Waals surface area contributed by atoms with Crippen molar-refractivity contribution in [1.82, 2.24) is 15.0 Å². The van der Waals surface area contributed by atoms with Gasteiger partial charge in [0.05, 0.1) is 17.9 Å². The lowest BCUT2D eigenvalue weighted by Crippen LogP contribution is -2.13. The first-order valence-corrected chi connectivity index (χ1v) is 7.16. The number of ether oxygens (including phenoxy) is 1. The molecule has 3 rings (SSSR count). The summed E-state index contributed by atoms with van der Waals surface area (Å²) in [7, 11) is 0. The molecule has 2 aromatic rings. The summed E-state index contributed by atoms with van der Waals surface area (Å²) in [5.41, 5.74) is 7.81. The highest BCUT2D eigenvalue weighted by Crippen LogP contribution is 2.41. The Morgan fingerprint density at radius 2 is 2.05 bits per heavy atom. The number of aromatic nitrogens is 3. The van der Waals surface area contributed by atoms with Crippen LogP contribution in [0.5, 0.6) is 5.75 Å². The van der Waals surface area contributed by atoms with Gasteiger partial charge in [-0.05, 0) is 37.1 Å². The van der Waals surface area contributed by atoms with Crippen LogP contribution in [0.3, 0.4) is 0 Å². The lowest BCUT2D eigenvalue weighted by atomic mass is 10.2. The molecule has 1 saturated carbocycles. The average molecular weight is 293 g/mol. The molecule has 20 heavy (non-hydrogen) atoms. The first-order valence-electron chi connectivity index (χ1n) is 6.78. The molecule has 0 amide bonds. The van der Waals surface area contributed by atoms with Crippen LogP contribution in [0.25, 0.3) is 0 Å². The minimum Gasteiger partial charge on any atom is -0.492 e. The fourth-order valence-corrected chi connectivity index (χ4v) is 2.38. The molecule has 1 aliphatic rings. The van der Waals surface area contributed by atoms with Gasteiger partial charge in [0.1, 0.15) is 12.4 Å². The molecular formula is C14H17ClN4O. The van der Waals surface area contributed by atoms with Crippen LogP contribution >= 0.6 is 11.6 Å².